The van der Waals surface area contributed by atoms with Gasteiger partial charge in [-0.25, -0.2) is 9.97 Å². The summed E-state index contributed by atoms with van der Waals surface area (Å²) in [5.41, 5.74) is 2.30. The second-order valence-electron chi connectivity index (χ2n) is 9.20. The number of aromatic nitrogens is 2. The van der Waals surface area contributed by atoms with Gasteiger partial charge in [0.15, 0.2) is 11.6 Å². The van der Waals surface area contributed by atoms with E-state index in [1.807, 2.05) is 25.1 Å². The Morgan fingerprint density at radius 2 is 1.61 bits per heavy atom. The predicted molar refractivity (Wildman–Crippen MR) is 160 cm³/mol. The van der Waals surface area contributed by atoms with E-state index in [1.54, 1.807) is 60.7 Å². The number of methoxy groups -OCH3 is 2. The minimum atomic E-state index is -2.80. The number of rotatable bonds is 13. The lowest BCUT2D eigenvalue weighted by Crippen LogP contribution is -2.33. The number of carbonyl (C=O) groups excluding carboxylic acids is 1. The molecule has 1 atom stereocenters. The van der Waals surface area contributed by atoms with E-state index >= 15 is 0 Å². The standard InChI is InChI=1S/C28H33N7O5S/c1-34(2)13-12-29-18-26(36)30-19-8-7-9-21(14-19)35(41(37)38)28-27(32-24-10-5-6-11-25(24)33-28)31-20-15-22(39-3)17-23(16-20)40-4/h5-11,14-17,29H,12-13,18H2,1-4H3,(H,30,36)(H,31,32)(H,37,38)/p-1. The number of nitrogens with zero attached hydrogens (tertiary/aromatic N) is 4. The van der Waals surface area contributed by atoms with Crippen LogP contribution in [0.5, 0.6) is 11.5 Å². The van der Waals surface area contributed by atoms with E-state index in [1.165, 1.54) is 14.2 Å². The van der Waals surface area contributed by atoms with Gasteiger partial charge in [-0.3, -0.25) is 13.3 Å². The van der Waals surface area contributed by atoms with Gasteiger partial charge in [0, 0.05) is 42.7 Å². The zero-order chi connectivity index (χ0) is 29.4. The Balaban J connectivity index is 1.69. The van der Waals surface area contributed by atoms with Crippen LogP contribution >= 0.6 is 0 Å². The SMILES string of the molecule is COc1cc(Nc2nc3ccccc3nc2N(c2cccc(NC(=O)CNCCN(C)C)c2)S(=O)[O-])cc(OC)c1. The normalized spacial score (nSPS) is 11.8. The number of amides is 1. The highest BCUT2D eigenvalue weighted by Gasteiger charge is 2.20. The predicted octanol–water partition coefficient (Wildman–Crippen LogP) is 3.41. The third kappa shape index (κ3) is 7.89. The van der Waals surface area contributed by atoms with Gasteiger partial charge in [-0.15, -0.1) is 0 Å². The summed E-state index contributed by atoms with van der Waals surface area (Å²) in [4.78, 5) is 23.8. The minimum absolute atomic E-state index is 0.0349. The zero-order valence-electron chi connectivity index (χ0n) is 23.2. The quantitative estimate of drug-likeness (QED) is 0.159. The molecule has 1 unspecified atom stereocenters. The molecule has 0 aliphatic carbocycles. The highest BCUT2D eigenvalue weighted by Crippen LogP contribution is 2.36. The molecule has 216 valence electrons. The summed E-state index contributed by atoms with van der Waals surface area (Å²) < 4.78 is 37.1. The van der Waals surface area contributed by atoms with Crippen molar-refractivity contribution in [2.45, 2.75) is 0 Å². The number of likely N-dealkylation sites (N-methyl/N-ethyl adjacent to an activating group) is 1. The van der Waals surface area contributed by atoms with E-state index in [9.17, 15) is 13.6 Å². The fourth-order valence-electron chi connectivity index (χ4n) is 3.93. The topological polar surface area (TPSA) is 144 Å². The highest BCUT2D eigenvalue weighted by atomic mass is 32.2. The maximum Gasteiger partial charge on any atom is 0.238 e. The van der Waals surface area contributed by atoms with Crippen molar-refractivity contribution in [3.05, 3.63) is 66.7 Å². The van der Waals surface area contributed by atoms with Crippen molar-refractivity contribution in [2.75, 3.05) is 62.9 Å². The summed E-state index contributed by atoms with van der Waals surface area (Å²) >= 11 is -2.80. The molecule has 3 aromatic carbocycles. The van der Waals surface area contributed by atoms with Crippen LogP contribution in [0.3, 0.4) is 0 Å². The van der Waals surface area contributed by atoms with Crippen LogP contribution in [0.2, 0.25) is 0 Å². The van der Waals surface area contributed by atoms with Crippen LogP contribution < -0.4 is 29.7 Å². The van der Waals surface area contributed by atoms with Crippen molar-refractivity contribution >= 4 is 56.9 Å². The molecule has 1 heterocycles. The van der Waals surface area contributed by atoms with E-state index in [0.29, 0.717) is 40.5 Å². The Hall–Kier alpha value is -4.30. The molecular formula is C28H32N7O5S-. The average Bonchev–Trinajstić information content (AvgIpc) is 2.95. The Bertz CT molecular complexity index is 1510. The van der Waals surface area contributed by atoms with Gasteiger partial charge in [-0.2, -0.15) is 0 Å². The van der Waals surface area contributed by atoms with Gasteiger partial charge in [0.05, 0.1) is 48.8 Å². The van der Waals surface area contributed by atoms with Crippen LogP contribution in [-0.4, -0.2) is 77.5 Å². The van der Waals surface area contributed by atoms with Crippen molar-refractivity contribution in [3.8, 4) is 11.5 Å². The summed E-state index contributed by atoms with van der Waals surface area (Å²) in [5, 5.41) is 9.05. The smallest absolute Gasteiger partial charge is 0.238 e. The molecule has 4 rings (SSSR count). The average molecular weight is 579 g/mol. The molecule has 0 bridgehead atoms. The van der Waals surface area contributed by atoms with Crippen molar-refractivity contribution in [2.24, 2.45) is 0 Å². The van der Waals surface area contributed by atoms with Crippen molar-refractivity contribution in [1.82, 2.24) is 20.2 Å². The van der Waals surface area contributed by atoms with Crippen LogP contribution in [0.4, 0.5) is 28.7 Å². The maximum atomic E-state index is 12.7. The minimum Gasteiger partial charge on any atom is -0.755 e. The number of carbonyl (C=O) groups is 1. The fraction of sp³-hybridized carbons (Fsp3) is 0.250. The highest BCUT2D eigenvalue weighted by molar-refractivity contribution is 7.81. The number of hydrogen-bond donors (Lipinski definition) is 3. The maximum absolute atomic E-state index is 12.7. The summed E-state index contributed by atoms with van der Waals surface area (Å²) in [5.74, 6) is 1.03. The van der Waals surface area contributed by atoms with Crippen molar-refractivity contribution in [3.63, 3.8) is 0 Å². The number of para-hydroxylation sites is 2. The lowest BCUT2D eigenvalue weighted by Gasteiger charge is -2.27. The Morgan fingerprint density at radius 1 is 0.927 bits per heavy atom. The molecule has 4 aromatic rings. The second kappa shape index (κ2) is 13.9. The largest absolute Gasteiger partial charge is 0.755 e. The molecule has 13 heteroatoms. The molecule has 0 spiro atoms. The van der Waals surface area contributed by atoms with Gasteiger partial charge in [0.1, 0.15) is 11.5 Å². The Kier molecular flexibility index (Phi) is 10.0. The molecule has 0 saturated carbocycles. The Labute approximate surface area is 241 Å². The number of benzene rings is 3. The molecule has 0 aliphatic heterocycles. The van der Waals surface area contributed by atoms with Gasteiger partial charge < -0.3 is 34.9 Å². The third-order valence-corrected chi connectivity index (χ3v) is 6.58. The molecule has 12 nitrogen and oxygen atoms in total. The van der Waals surface area contributed by atoms with Crippen LogP contribution in [0.1, 0.15) is 0 Å². The van der Waals surface area contributed by atoms with Crippen LogP contribution in [0.25, 0.3) is 11.0 Å². The van der Waals surface area contributed by atoms with E-state index < -0.39 is 11.3 Å². The van der Waals surface area contributed by atoms with Crippen LogP contribution in [-0.2, 0) is 16.1 Å². The van der Waals surface area contributed by atoms with E-state index in [2.05, 4.69) is 25.9 Å². The number of anilines is 5. The van der Waals surface area contributed by atoms with Crippen LogP contribution in [0, 0.1) is 0 Å². The first kappa shape index (κ1) is 29.7. The first-order chi connectivity index (χ1) is 19.8. The van der Waals surface area contributed by atoms with Gasteiger partial charge in [-0.1, -0.05) is 18.2 Å². The molecule has 0 radical (unpaired) electrons. The number of ether oxygens (including phenoxy) is 2. The summed E-state index contributed by atoms with van der Waals surface area (Å²) in [6.07, 6.45) is 0. The monoisotopic (exact) mass is 578 g/mol. The van der Waals surface area contributed by atoms with Crippen LogP contribution in [0.15, 0.2) is 66.7 Å². The summed E-state index contributed by atoms with van der Waals surface area (Å²) in [7, 11) is 6.97. The second-order valence-corrected chi connectivity index (χ2v) is 10.0. The van der Waals surface area contributed by atoms with Gasteiger partial charge >= 0.3 is 0 Å². The van der Waals surface area contributed by atoms with E-state index in [4.69, 9.17) is 9.47 Å². The summed E-state index contributed by atoms with van der Waals surface area (Å²) in [6, 6.07) is 18.8. The molecule has 1 aromatic heterocycles. The molecular weight excluding hydrogens is 546 g/mol. The molecule has 41 heavy (non-hydrogen) atoms. The van der Waals surface area contributed by atoms with Crippen molar-refractivity contribution in [1.29, 1.82) is 0 Å². The molecule has 0 aliphatic rings. The van der Waals surface area contributed by atoms with Crippen molar-refractivity contribution < 1.29 is 23.0 Å². The van der Waals surface area contributed by atoms with Gasteiger partial charge in [-0.05, 0) is 44.4 Å². The van der Waals surface area contributed by atoms with Gasteiger partial charge in [0.25, 0.3) is 0 Å². The summed E-state index contributed by atoms with van der Waals surface area (Å²) in [6.45, 7) is 1.56. The first-order valence-electron chi connectivity index (χ1n) is 12.7. The zero-order valence-corrected chi connectivity index (χ0v) is 24.0. The lowest BCUT2D eigenvalue weighted by molar-refractivity contribution is -0.115. The fourth-order valence-corrected chi connectivity index (χ4v) is 4.49. The molecule has 0 fully saturated rings. The first-order valence-corrected chi connectivity index (χ1v) is 13.7. The molecule has 3 N–H and O–H groups in total. The van der Waals surface area contributed by atoms with E-state index in [0.717, 1.165) is 10.8 Å². The van der Waals surface area contributed by atoms with E-state index in [-0.39, 0.29) is 29.8 Å². The number of hydrogen-bond acceptors (Lipinski definition) is 10. The molecule has 1 amide bonds. The number of fused-ring (bicyclic) bond motifs is 1. The Morgan fingerprint density at radius 3 is 2.24 bits per heavy atom. The van der Waals surface area contributed by atoms with Gasteiger partial charge in [0.2, 0.25) is 5.91 Å². The number of nitrogens with one attached hydrogen (secondary N) is 3. The molecule has 0 saturated heterocycles. The third-order valence-electron chi connectivity index (χ3n) is 5.89. The lowest BCUT2D eigenvalue weighted by atomic mass is 10.2.